The number of aromatic nitrogens is 4. The molecule has 314 valence electrons. The molecule has 0 spiro atoms. The number of thiophene rings is 2. The smallest absolute Gasteiger partial charge is 0.118 e. The zero-order valence-corrected chi connectivity index (χ0v) is 38.5. The molecular formula is C56H48N6S2. The fourth-order valence-corrected chi connectivity index (χ4v) is 11.2. The monoisotopic (exact) mass is 868 g/mol. The first-order valence-electron chi connectivity index (χ1n) is 21.8. The minimum atomic E-state index is -0.251. The fraction of sp³-hybridized carbons (Fsp3) is 0.143. The van der Waals surface area contributed by atoms with Crippen molar-refractivity contribution in [2.75, 3.05) is 9.80 Å². The van der Waals surface area contributed by atoms with Gasteiger partial charge in [0, 0.05) is 76.6 Å². The molecule has 0 atom stereocenters. The Bertz CT molecular complexity index is 3270. The van der Waals surface area contributed by atoms with Crippen LogP contribution in [-0.2, 0) is 11.1 Å². The number of nitrogens with zero attached hydrogens (tertiary/aromatic N) is 6. The first-order valence-corrected chi connectivity index (χ1v) is 23.5. The molecule has 0 aliphatic heterocycles. The third kappa shape index (κ3) is 6.85. The van der Waals surface area contributed by atoms with Crippen molar-refractivity contribution in [1.82, 2.24) is 19.1 Å². The molecule has 11 aromatic rings. The maximum Gasteiger partial charge on any atom is 0.118 e. The SMILES string of the molecule is CC(C)(C)n1c(-c2ccc(-c3ccc(N(c4ccc5ncccc5c4)c4csc5ccccc45)n3C(C)(C)C)cc2)ccc1N(c1ccc2ncccc2c1)c1csc2ccccc12. The lowest BCUT2D eigenvalue weighted by atomic mass is 10.0. The molecule has 8 heteroatoms. The summed E-state index contributed by atoms with van der Waals surface area (Å²) >= 11 is 3.57. The van der Waals surface area contributed by atoms with Crippen molar-refractivity contribution < 1.29 is 0 Å². The van der Waals surface area contributed by atoms with Crippen molar-refractivity contribution >= 4 is 99.0 Å². The van der Waals surface area contributed by atoms with Gasteiger partial charge < -0.3 is 9.13 Å². The van der Waals surface area contributed by atoms with E-state index >= 15 is 0 Å². The standard InChI is InChI=1S/C56H48N6S2/c1-55(2,3)61-47(27-29-53(61)59(49-35-63-51-17-9-7-15-43(49)51)41-23-25-45-39(33-41)13-11-31-57-45)37-19-21-38(22-20-37)48-28-30-54(62(48)56(4,5)6)60(50-36-64-52-18-10-8-16-44(50)52)42-24-26-46-40(34-42)14-12-32-58-46/h7-36H,1-6H3. The van der Waals surface area contributed by atoms with Crippen LogP contribution in [0.5, 0.6) is 0 Å². The zero-order chi connectivity index (χ0) is 43.7. The largest absolute Gasteiger partial charge is 0.322 e. The second kappa shape index (κ2) is 15.4. The van der Waals surface area contributed by atoms with Crippen LogP contribution in [0.25, 0.3) is 64.5 Å². The van der Waals surface area contributed by atoms with Crippen molar-refractivity contribution in [3.63, 3.8) is 0 Å². The van der Waals surface area contributed by atoms with Crippen molar-refractivity contribution in [2.24, 2.45) is 0 Å². The van der Waals surface area contributed by atoms with Crippen molar-refractivity contribution in [1.29, 1.82) is 0 Å². The summed E-state index contributed by atoms with van der Waals surface area (Å²) in [5.74, 6) is 2.21. The molecule has 0 saturated heterocycles. The van der Waals surface area contributed by atoms with Gasteiger partial charge in [0.05, 0.1) is 33.8 Å². The number of benzene rings is 5. The Kier molecular flexibility index (Phi) is 9.56. The van der Waals surface area contributed by atoms with Crippen LogP contribution in [0.15, 0.2) is 181 Å². The van der Waals surface area contributed by atoms with Crippen LogP contribution in [0.1, 0.15) is 41.5 Å². The van der Waals surface area contributed by atoms with Gasteiger partial charge in [-0.3, -0.25) is 19.8 Å². The summed E-state index contributed by atoms with van der Waals surface area (Å²) < 4.78 is 7.53. The number of anilines is 6. The predicted molar refractivity (Wildman–Crippen MR) is 274 cm³/mol. The maximum atomic E-state index is 4.64. The minimum Gasteiger partial charge on any atom is -0.322 e. The molecule has 6 nitrogen and oxygen atoms in total. The van der Waals surface area contributed by atoms with Gasteiger partial charge in [-0.15, -0.1) is 22.7 Å². The first-order chi connectivity index (χ1) is 31.0. The van der Waals surface area contributed by atoms with Gasteiger partial charge in [-0.2, -0.15) is 0 Å². The molecule has 64 heavy (non-hydrogen) atoms. The van der Waals surface area contributed by atoms with E-state index in [1.54, 1.807) is 22.7 Å². The molecule has 5 aromatic carbocycles. The van der Waals surface area contributed by atoms with Crippen molar-refractivity contribution in [2.45, 2.75) is 52.6 Å². The lowest BCUT2D eigenvalue weighted by Gasteiger charge is -2.34. The average molecular weight is 869 g/mol. The van der Waals surface area contributed by atoms with Crippen LogP contribution in [0.2, 0.25) is 0 Å². The van der Waals surface area contributed by atoms with Crippen molar-refractivity contribution in [3.05, 3.63) is 181 Å². The third-order valence-electron chi connectivity index (χ3n) is 12.1. The highest BCUT2D eigenvalue weighted by Crippen LogP contribution is 2.48. The van der Waals surface area contributed by atoms with Gasteiger partial charge in [0.25, 0.3) is 0 Å². The Morgan fingerprint density at radius 1 is 0.438 bits per heavy atom. The summed E-state index contributed by atoms with van der Waals surface area (Å²) in [4.78, 5) is 14.2. The molecule has 6 heterocycles. The molecule has 0 N–H and O–H groups in total. The Labute approximate surface area is 381 Å². The Hall–Kier alpha value is -7.00. The number of fused-ring (bicyclic) bond motifs is 4. The Morgan fingerprint density at radius 2 is 0.859 bits per heavy atom. The summed E-state index contributed by atoms with van der Waals surface area (Å²) in [5.41, 5.74) is 10.6. The quantitative estimate of drug-likeness (QED) is 0.153. The normalized spacial score (nSPS) is 12.2. The molecule has 0 bridgehead atoms. The van der Waals surface area contributed by atoms with Gasteiger partial charge in [0.2, 0.25) is 0 Å². The summed E-state index contributed by atoms with van der Waals surface area (Å²) in [7, 11) is 0. The van der Waals surface area contributed by atoms with E-state index in [2.05, 4.69) is 227 Å². The van der Waals surface area contributed by atoms with Crippen LogP contribution in [-0.4, -0.2) is 19.1 Å². The topological polar surface area (TPSA) is 42.1 Å². The second-order valence-corrected chi connectivity index (χ2v) is 20.2. The number of rotatable bonds is 8. The average Bonchev–Trinajstić information content (AvgIpc) is 4.13. The molecule has 0 saturated carbocycles. The van der Waals surface area contributed by atoms with E-state index < -0.39 is 0 Å². The van der Waals surface area contributed by atoms with Crippen LogP contribution in [0, 0.1) is 0 Å². The number of pyridine rings is 2. The molecule has 0 aliphatic rings. The van der Waals surface area contributed by atoms with Gasteiger partial charge in [0.15, 0.2) is 0 Å². The summed E-state index contributed by atoms with van der Waals surface area (Å²) in [6.07, 6.45) is 3.72. The van der Waals surface area contributed by atoms with Gasteiger partial charge >= 0.3 is 0 Å². The highest BCUT2D eigenvalue weighted by atomic mass is 32.1. The summed E-state index contributed by atoms with van der Waals surface area (Å²) in [6, 6.07) is 57.3. The summed E-state index contributed by atoms with van der Waals surface area (Å²) in [5, 5.41) is 9.28. The van der Waals surface area contributed by atoms with Crippen LogP contribution < -0.4 is 9.80 Å². The lowest BCUT2D eigenvalue weighted by Crippen LogP contribution is -2.27. The van der Waals surface area contributed by atoms with E-state index in [9.17, 15) is 0 Å². The van der Waals surface area contributed by atoms with Crippen molar-refractivity contribution in [3.8, 4) is 22.5 Å². The van der Waals surface area contributed by atoms with E-state index in [0.717, 1.165) is 78.7 Å². The minimum absolute atomic E-state index is 0.251. The highest BCUT2D eigenvalue weighted by Gasteiger charge is 2.30. The Morgan fingerprint density at radius 3 is 1.28 bits per heavy atom. The van der Waals surface area contributed by atoms with Gasteiger partial charge in [-0.25, -0.2) is 0 Å². The molecule has 6 aromatic heterocycles. The maximum absolute atomic E-state index is 4.64. The third-order valence-corrected chi connectivity index (χ3v) is 14.0. The van der Waals surface area contributed by atoms with Gasteiger partial charge in [-0.05, 0) is 138 Å². The van der Waals surface area contributed by atoms with E-state index in [1.807, 2.05) is 24.5 Å². The van der Waals surface area contributed by atoms with E-state index in [4.69, 9.17) is 0 Å². The van der Waals surface area contributed by atoms with Crippen LogP contribution in [0.3, 0.4) is 0 Å². The van der Waals surface area contributed by atoms with E-state index in [0.29, 0.717) is 0 Å². The van der Waals surface area contributed by atoms with Crippen LogP contribution >= 0.6 is 22.7 Å². The molecular weight excluding hydrogens is 821 g/mol. The summed E-state index contributed by atoms with van der Waals surface area (Å²) in [6.45, 7) is 13.8. The number of hydrogen-bond acceptors (Lipinski definition) is 6. The molecule has 0 aliphatic carbocycles. The molecule has 11 rings (SSSR count). The number of hydrogen-bond donors (Lipinski definition) is 0. The van der Waals surface area contributed by atoms with E-state index in [1.165, 1.54) is 20.2 Å². The second-order valence-electron chi connectivity index (χ2n) is 18.4. The molecule has 0 unspecified atom stereocenters. The van der Waals surface area contributed by atoms with Crippen LogP contribution in [0.4, 0.5) is 34.4 Å². The van der Waals surface area contributed by atoms with Gasteiger partial charge in [-0.1, -0.05) is 72.8 Å². The van der Waals surface area contributed by atoms with E-state index in [-0.39, 0.29) is 11.1 Å². The predicted octanol–water partition coefficient (Wildman–Crippen LogP) is 16.6. The van der Waals surface area contributed by atoms with Gasteiger partial charge in [0.1, 0.15) is 11.6 Å². The lowest BCUT2D eigenvalue weighted by molar-refractivity contribution is 0.405. The molecule has 0 amide bonds. The highest BCUT2D eigenvalue weighted by molar-refractivity contribution is 7.18. The molecule has 0 fully saturated rings. The fourth-order valence-electron chi connectivity index (χ4n) is 9.34. The first kappa shape index (κ1) is 39.8. The Balaban J connectivity index is 1.04. The molecule has 0 radical (unpaired) electrons. The zero-order valence-electron chi connectivity index (χ0n) is 36.8.